The average Bonchev–Trinajstić information content (AvgIpc) is 2.26. The van der Waals surface area contributed by atoms with Gasteiger partial charge in [-0.1, -0.05) is 0 Å². The molecule has 1 aromatic rings. The number of benzene rings is 1. The van der Waals surface area contributed by atoms with Crippen molar-refractivity contribution in [2.45, 2.75) is 12.2 Å². The Bertz CT molecular complexity index is 397. The van der Waals surface area contributed by atoms with Gasteiger partial charge < -0.3 is 15.3 Å². The summed E-state index contributed by atoms with van der Waals surface area (Å²) in [6.45, 7) is -0.731. The van der Waals surface area contributed by atoms with Crippen molar-refractivity contribution < 1.29 is 24.6 Å². The number of rotatable bonds is 4. The maximum Gasteiger partial charge on any atom is 0.272 e. The highest BCUT2D eigenvalue weighted by atomic mass is 19.1. The van der Waals surface area contributed by atoms with E-state index in [2.05, 4.69) is 0 Å². The maximum atomic E-state index is 13.0. The van der Waals surface area contributed by atoms with Crippen LogP contribution in [0.15, 0.2) is 18.2 Å². The van der Waals surface area contributed by atoms with E-state index in [4.69, 9.17) is 10.2 Å². The molecule has 0 aromatic heterocycles. The zero-order valence-electron chi connectivity index (χ0n) is 8.08. The van der Waals surface area contributed by atoms with Gasteiger partial charge in [-0.3, -0.25) is 10.1 Å². The zero-order chi connectivity index (χ0) is 12.3. The molecule has 1 rings (SSSR count). The minimum absolute atomic E-state index is 0.159. The highest BCUT2D eigenvalue weighted by molar-refractivity contribution is 5.36. The maximum absolute atomic E-state index is 13.0. The van der Waals surface area contributed by atoms with Crippen molar-refractivity contribution in [3.63, 3.8) is 0 Å². The van der Waals surface area contributed by atoms with E-state index < -0.39 is 35.2 Å². The Morgan fingerprint density at radius 1 is 1.38 bits per heavy atom. The molecule has 2 atom stereocenters. The second-order valence-electron chi connectivity index (χ2n) is 3.19. The molecule has 88 valence electrons. The highest BCUT2D eigenvalue weighted by Gasteiger charge is 2.21. The molecule has 0 aliphatic carbocycles. The van der Waals surface area contributed by atoms with Crippen LogP contribution in [0.4, 0.5) is 10.1 Å². The number of aliphatic hydroxyl groups excluding tert-OH is 3. The van der Waals surface area contributed by atoms with E-state index in [-0.39, 0.29) is 5.56 Å². The van der Waals surface area contributed by atoms with Gasteiger partial charge in [0.15, 0.2) is 0 Å². The van der Waals surface area contributed by atoms with Crippen molar-refractivity contribution in [3.05, 3.63) is 39.7 Å². The van der Waals surface area contributed by atoms with E-state index in [0.717, 1.165) is 12.1 Å². The summed E-state index contributed by atoms with van der Waals surface area (Å²) in [5.41, 5.74) is -0.688. The summed E-state index contributed by atoms with van der Waals surface area (Å²) < 4.78 is 13.0. The van der Waals surface area contributed by atoms with Crippen LogP contribution >= 0.6 is 0 Å². The molecule has 0 aliphatic rings. The lowest BCUT2D eigenvalue weighted by Gasteiger charge is -2.15. The van der Waals surface area contributed by atoms with Crippen molar-refractivity contribution in [1.29, 1.82) is 0 Å². The van der Waals surface area contributed by atoms with Gasteiger partial charge in [-0.25, -0.2) is 4.39 Å². The molecule has 0 heterocycles. The van der Waals surface area contributed by atoms with Crippen LogP contribution in [0.1, 0.15) is 11.7 Å². The van der Waals surface area contributed by atoms with Crippen LogP contribution in [0.25, 0.3) is 0 Å². The molecule has 6 nitrogen and oxygen atoms in total. The lowest BCUT2D eigenvalue weighted by molar-refractivity contribution is -0.385. The number of nitro groups is 1. The van der Waals surface area contributed by atoms with Crippen molar-refractivity contribution in [2.75, 3.05) is 6.61 Å². The fourth-order valence-electron chi connectivity index (χ4n) is 1.19. The van der Waals surface area contributed by atoms with Crippen LogP contribution in [0.5, 0.6) is 0 Å². The predicted molar refractivity (Wildman–Crippen MR) is 51.1 cm³/mol. The third-order valence-corrected chi connectivity index (χ3v) is 2.01. The molecule has 0 radical (unpaired) electrons. The summed E-state index contributed by atoms with van der Waals surface area (Å²) in [5.74, 6) is -0.895. The normalized spacial score (nSPS) is 14.5. The predicted octanol–water partition coefficient (Wildman–Crippen LogP) is 0.121. The first-order valence-corrected chi connectivity index (χ1v) is 4.37. The number of halogens is 1. The van der Waals surface area contributed by atoms with Crippen LogP contribution in [0, 0.1) is 15.9 Å². The third-order valence-electron chi connectivity index (χ3n) is 2.01. The van der Waals surface area contributed by atoms with E-state index >= 15 is 0 Å². The molecule has 0 saturated heterocycles. The lowest BCUT2D eigenvalue weighted by atomic mass is 10.0. The van der Waals surface area contributed by atoms with E-state index in [0.29, 0.717) is 6.07 Å². The van der Waals surface area contributed by atoms with Crippen LogP contribution < -0.4 is 0 Å². The minimum Gasteiger partial charge on any atom is -0.394 e. The Kier molecular flexibility index (Phi) is 3.88. The third kappa shape index (κ3) is 2.72. The molecule has 0 fully saturated rings. The first-order valence-electron chi connectivity index (χ1n) is 4.37. The van der Waals surface area contributed by atoms with Gasteiger partial charge in [-0.2, -0.15) is 0 Å². The van der Waals surface area contributed by atoms with E-state index in [1.54, 1.807) is 0 Å². The Morgan fingerprint density at radius 3 is 2.50 bits per heavy atom. The summed E-state index contributed by atoms with van der Waals surface area (Å²) in [6, 6.07) is 2.49. The monoisotopic (exact) mass is 231 g/mol. The van der Waals surface area contributed by atoms with Crippen molar-refractivity contribution >= 4 is 5.69 Å². The molecular weight excluding hydrogens is 221 g/mol. The van der Waals surface area contributed by atoms with Crippen LogP contribution in [-0.4, -0.2) is 33.0 Å². The zero-order valence-corrected chi connectivity index (χ0v) is 8.08. The van der Waals surface area contributed by atoms with Crippen LogP contribution in [0.3, 0.4) is 0 Å². The standard InChI is InChI=1S/C9H10FNO5/c10-6-1-5(9(14)8(13)4-12)2-7(3-6)11(15)16/h1-3,8-9,12-14H,4H2. The average molecular weight is 231 g/mol. The lowest BCUT2D eigenvalue weighted by Crippen LogP contribution is -2.22. The molecule has 7 heteroatoms. The fraction of sp³-hybridized carbons (Fsp3) is 0.333. The molecule has 1 aromatic carbocycles. The van der Waals surface area contributed by atoms with E-state index in [1.807, 2.05) is 0 Å². The van der Waals surface area contributed by atoms with Gasteiger partial charge in [-0.15, -0.1) is 0 Å². The number of hydrogen-bond acceptors (Lipinski definition) is 5. The molecule has 3 N–H and O–H groups in total. The molecule has 0 bridgehead atoms. The first kappa shape index (κ1) is 12.5. The number of nitrogens with zero attached hydrogens (tertiary/aromatic N) is 1. The summed E-state index contributed by atoms with van der Waals surface area (Å²) in [7, 11) is 0. The Hall–Kier alpha value is -1.57. The molecule has 0 saturated carbocycles. The summed E-state index contributed by atoms with van der Waals surface area (Å²) in [6.07, 6.45) is -3.08. The molecule has 0 amide bonds. The number of hydrogen-bond donors (Lipinski definition) is 3. The fourth-order valence-corrected chi connectivity index (χ4v) is 1.19. The molecule has 0 spiro atoms. The van der Waals surface area contributed by atoms with Gasteiger partial charge in [0.25, 0.3) is 5.69 Å². The minimum atomic E-state index is -1.57. The Morgan fingerprint density at radius 2 is 2.00 bits per heavy atom. The van der Waals surface area contributed by atoms with E-state index in [9.17, 15) is 19.6 Å². The molecule has 16 heavy (non-hydrogen) atoms. The Balaban J connectivity index is 3.09. The number of non-ortho nitro benzene ring substituents is 1. The van der Waals surface area contributed by atoms with Crippen LogP contribution in [0.2, 0.25) is 0 Å². The second-order valence-corrected chi connectivity index (χ2v) is 3.19. The SMILES string of the molecule is O=[N+]([O-])c1cc(F)cc(C(O)C(O)CO)c1. The topological polar surface area (TPSA) is 104 Å². The first-order chi connectivity index (χ1) is 7.45. The van der Waals surface area contributed by atoms with Gasteiger partial charge in [-0.05, 0) is 11.6 Å². The second kappa shape index (κ2) is 4.97. The van der Waals surface area contributed by atoms with Gasteiger partial charge in [0, 0.05) is 6.07 Å². The highest BCUT2D eigenvalue weighted by Crippen LogP contribution is 2.23. The van der Waals surface area contributed by atoms with Crippen molar-refractivity contribution in [2.24, 2.45) is 0 Å². The molecule has 0 aliphatic heterocycles. The largest absolute Gasteiger partial charge is 0.394 e. The van der Waals surface area contributed by atoms with Crippen LogP contribution in [-0.2, 0) is 0 Å². The summed E-state index contributed by atoms with van der Waals surface area (Å²) in [4.78, 5) is 9.60. The van der Waals surface area contributed by atoms with Gasteiger partial charge >= 0.3 is 0 Å². The number of aliphatic hydroxyl groups is 3. The Labute approximate surface area is 89.7 Å². The number of nitro benzene ring substituents is 1. The summed E-state index contributed by atoms with van der Waals surface area (Å²) >= 11 is 0. The van der Waals surface area contributed by atoms with Gasteiger partial charge in [0.1, 0.15) is 18.0 Å². The molecular formula is C9H10FNO5. The van der Waals surface area contributed by atoms with Gasteiger partial charge in [0.2, 0.25) is 0 Å². The smallest absolute Gasteiger partial charge is 0.272 e. The van der Waals surface area contributed by atoms with Crippen molar-refractivity contribution in [1.82, 2.24) is 0 Å². The molecule has 2 unspecified atom stereocenters. The van der Waals surface area contributed by atoms with Gasteiger partial charge in [0.05, 0.1) is 17.6 Å². The van der Waals surface area contributed by atoms with E-state index in [1.165, 1.54) is 0 Å². The van der Waals surface area contributed by atoms with Crippen molar-refractivity contribution in [3.8, 4) is 0 Å². The quantitative estimate of drug-likeness (QED) is 0.504. The summed E-state index contributed by atoms with van der Waals surface area (Å²) in [5, 5.41) is 37.5.